The number of halogens is 1. The maximum Gasteiger partial charge on any atom is 0.306 e. The summed E-state index contributed by atoms with van der Waals surface area (Å²) in [4.78, 5) is 24.4. The van der Waals surface area contributed by atoms with E-state index in [1.54, 1.807) is 6.07 Å². The fourth-order valence-corrected chi connectivity index (χ4v) is 6.14. The number of carbonyl (C=O) groups excluding carboxylic acids is 2. The molecule has 0 spiro atoms. The highest BCUT2D eigenvalue weighted by Gasteiger charge is 2.51. The Morgan fingerprint density at radius 2 is 1.68 bits per heavy atom. The van der Waals surface area contributed by atoms with Crippen molar-refractivity contribution in [3.63, 3.8) is 0 Å². The van der Waals surface area contributed by atoms with Crippen molar-refractivity contribution in [1.29, 1.82) is 0 Å². The molecule has 1 N–H and O–H groups in total. The Balaban J connectivity index is 1.28. The predicted molar refractivity (Wildman–Crippen MR) is 99.0 cm³/mol. The lowest BCUT2D eigenvalue weighted by atomic mass is 9.49. The lowest BCUT2D eigenvalue weighted by molar-refractivity contribution is -0.154. The van der Waals surface area contributed by atoms with E-state index in [1.807, 2.05) is 18.2 Å². The summed E-state index contributed by atoms with van der Waals surface area (Å²) in [6.07, 6.45) is 8.11. The van der Waals surface area contributed by atoms with Gasteiger partial charge in [0.25, 0.3) is 5.91 Å². The number of benzene rings is 1. The molecule has 4 nitrogen and oxygen atoms in total. The van der Waals surface area contributed by atoms with Gasteiger partial charge < -0.3 is 10.1 Å². The lowest BCUT2D eigenvalue weighted by Gasteiger charge is -2.56. The predicted octanol–water partition coefficient (Wildman–Crippen LogP) is 4.54. The zero-order valence-electron chi connectivity index (χ0n) is 14.3. The molecular formula is C20H24BrNO3. The molecule has 0 heterocycles. The van der Waals surface area contributed by atoms with Gasteiger partial charge in [-0.25, -0.2) is 0 Å². The molecule has 4 bridgehead atoms. The molecule has 0 atom stereocenters. The zero-order chi connectivity index (χ0) is 17.4. The highest BCUT2D eigenvalue weighted by molar-refractivity contribution is 9.10. The largest absolute Gasteiger partial charge is 0.456 e. The van der Waals surface area contributed by atoms with E-state index in [2.05, 4.69) is 21.2 Å². The lowest BCUT2D eigenvalue weighted by Crippen LogP contribution is -2.47. The van der Waals surface area contributed by atoms with Gasteiger partial charge in [0.05, 0.1) is 12.1 Å². The first-order valence-corrected chi connectivity index (χ1v) is 10.0. The SMILES string of the molecule is O=C(COC(=O)CC12CC3CC(CC(C3)C1)C2)Nc1ccccc1Br. The quantitative estimate of drug-likeness (QED) is 0.731. The van der Waals surface area contributed by atoms with E-state index in [1.165, 1.54) is 38.5 Å². The second kappa shape index (κ2) is 6.75. The Kier molecular flexibility index (Phi) is 4.61. The van der Waals surface area contributed by atoms with Crippen molar-refractivity contribution in [3.05, 3.63) is 28.7 Å². The molecule has 4 aliphatic carbocycles. The van der Waals surface area contributed by atoms with E-state index in [0.717, 1.165) is 22.2 Å². The van der Waals surface area contributed by atoms with Crippen LogP contribution in [0.3, 0.4) is 0 Å². The summed E-state index contributed by atoms with van der Waals surface area (Å²) >= 11 is 3.39. The molecule has 0 unspecified atom stereocenters. The summed E-state index contributed by atoms with van der Waals surface area (Å²) in [7, 11) is 0. The number of nitrogens with one attached hydrogen (secondary N) is 1. The first-order valence-electron chi connectivity index (χ1n) is 9.21. The van der Waals surface area contributed by atoms with Gasteiger partial charge in [-0.2, -0.15) is 0 Å². The van der Waals surface area contributed by atoms with Crippen LogP contribution >= 0.6 is 15.9 Å². The monoisotopic (exact) mass is 405 g/mol. The zero-order valence-corrected chi connectivity index (χ0v) is 15.9. The molecule has 1 amide bonds. The maximum atomic E-state index is 12.3. The summed E-state index contributed by atoms with van der Waals surface area (Å²) in [5, 5.41) is 2.76. The Morgan fingerprint density at radius 3 is 2.28 bits per heavy atom. The van der Waals surface area contributed by atoms with Crippen LogP contribution in [0.15, 0.2) is 28.7 Å². The molecule has 4 fully saturated rings. The minimum atomic E-state index is -0.300. The molecule has 0 aliphatic heterocycles. The molecule has 4 saturated carbocycles. The van der Waals surface area contributed by atoms with Crippen LogP contribution in [0.1, 0.15) is 44.9 Å². The highest BCUT2D eigenvalue weighted by atomic mass is 79.9. The number of hydrogen-bond donors (Lipinski definition) is 1. The third kappa shape index (κ3) is 3.76. The number of ether oxygens (including phenoxy) is 1. The molecular weight excluding hydrogens is 382 g/mol. The Hall–Kier alpha value is -1.36. The fourth-order valence-electron chi connectivity index (χ4n) is 5.76. The van der Waals surface area contributed by atoms with Crippen LogP contribution in [-0.4, -0.2) is 18.5 Å². The Morgan fingerprint density at radius 1 is 1.08 bits per heavy atom. The maximum absolute atomic E-state index is 12.3. The molecule has 5 heteroatoms. The van der Waals surface area contributed by atoms with Gasteiger partial charge in [0.2, 0.25) is 0 Å². The standard InChI is InChI=1S/C20H24BrNO3/c21-16-3-1-2-4-17(16)22-18(23)12-25-19(24)11-20-8-13-5-14(9-20)7-15(6-13)10-20/h1-4,13-15H,5-12H2,(H,22,23). The third-order valence-corrected chi connectivity index (χ3v) is 6.89. The number of esters is 1. The minimum Gasteiger partial charge on any atom is -0.456 e. The molecule has 4 aliphatic rings. The number of hydrogen-bond acceptors (Lipinski definition) is 3. The van der Waals surface area contributed by atoms with E-state index in [4.69, 9.17) is 4.74 Å². The van der Waals surface area contributed by atoms with Gasteiger partial charge in [0, 0.05) is 4.47 Å². The van der Waals surface area contributed by atoms with Crippen LogP contribution in [0.5, 0.6) is 0 Å². The molecule has 25 heavy (non-hydrogen) atoms. The van der Waals surface area contributed by atoms with Crippen molar-refractivity contribution >= 4 is 33.5 Å². The second-order valence-electron chi connectivity index (χ2n) is 8.28. The average Bonchev–Trinajstić information content (AvgIpc) is 2.53. The average molecular weight is 406 g/mol. The van der Waals surface area contributed by atoms with Crippen molar-refractivity contribution in [1.82, 2.24) is 0 Å². The number of amides is 1. The first-order chi connectivity index (χ1) is 12.0. The molecule has 0 saturated heterocycles. The fraction of sp³-hybridized carbons (Fsp3) is 0.600. The van der Waals surface area contributed by atoms with Gasteiger partial charge >= 0.3 is 5.97 Å². The summed E-state index contributed by atoms with van der Waals surface area (Å²) in [5.74, 6) is 1.93. The number of anilines is 1. The van der Waals surface area contributed by atoms with Gasteiger partial charge in [-0.1, -0.05) is 12.1 Å². The molecule has 1 aromatic rings. The highest BCUT2D eigenvalue weighted by Crippen LogP contribution is 2.61. The van der Waals surface area contributed by atoms with E-state index < -0.39 is 0 Å². The third-order valence-electron chi connectivity index (χ3n) is 6.20. The van der Waals surface area contributed by atoms with E-state index >= 15 is 0 Å². The van der Waals surface area contributed by atoms with Crippen LogP contribution in [0.2, 0.25) is 0 Å². The Bertz CT molecular complexity index is 652. The summed E-state index contributed by atoms with van der Waals surface area (Å²) < 4.78 is 6.10. The second-order valence-corrected chi connectivity index (χ2v) is 9.14. The molecule has 0 radical (unpaired) electrons. The molecule has 1 aromatic carbocycles. The van der Waals surface area contributed by atoms with Crippen molar-refractivity contribution < 1.29 is 14.3 Å². The van der Waals surface area contributed by atoms with Gasteiger partial charge in [-0.15, -0.1) is 0 Å². The van der Waals surface area contributed by atoms with Gasteiger partial charge in [0.15, 0.2) is 6.61 Å². The van der Waals surface area contributed by atoms with Crippen molar-refractivity contribution in [2.75, 3.05) is 11.9 Å². The van der Waals surface area contributed by atoms with Crippen LogP contribution < -0.4 is 5.32 Å². The smallest absolute Gasteiger partial charge is 0.306 e. The van der Waals surface area contributed by atoms with Crippen molar-refractivity contribution in [2.24, 2.45) is 23.2 Å². The first kappa shape index (κ1) is 17.1. The van der Waals surface area contributed by atoms with Crippen LogP contribution in [0, 0.1) is 23.2 Å². The van der Waals surface area contributed by atoms with Crippen molar-refractivity contribution in [2.45, 2.75) is 44.9 Å². The minimum absolute atomic E-state index is 0.158. The summed E-state index contributed by atoms with van der Waals surface area (Å²) in [6.45, 7) is -0.216. The van der Waals surface area contributed by atoms with Crippen LogP contribution in [0.25, 0.3) is 0 Å². The van der Waals surface area contributed by atoms with E-state index in [0.29, 0.717) is 12.1 Å². The van der Waals surface area contributed by atoms with Crippen LogP contribution in [-0.2, 0) is 14.3 Å². The number of para-hydroxylation sites is 1. The topological polar surface area (TPSA) is 55.4 Å². The van der Waals surface area contributed by atoms with Crippen molar-refractivity contribution in [3.8, 4) is 0 Å². The van der Waals surface area contributed by atoms with Gasteiger partial charge in [0.1, 0.15) is 0 Å². The molecule has 134 valence electrons. The number of carbonyl (C=O) groups is 2. The van der Waals surface area contributed by atoms with Crippen LogP contribution in [0.4, 0.5) is 5.69 Å². The molecule has 0 aromatic heterocycles. The summed E-state index contributed by atoms with van der Waals surface area (Å²) in [6, 6.07) is 7.39. The van der Waals surface area contributed by atoms with E-state index in [9.17, 15) is 9.59 Å². The summed E-state index contributed by atoms with van der Waals surface area (Å²) in [5.41, 5.74) is 0.842. The van der Waals surface area contributed by atoms with Gasteiger partial charge in [-0.3, -0.25) is 9.59 Å². The molecule has 5 rings (SSSR count). The number of rotatable bonds is 5. The van der Waals surface area contributed by atoms with Gasteiger partial charge in [-0.05, 0) is 89.8 Å². The normalized spacial score (nSPS) is 32.4. The Labute approximate surface area is 156 Å². The van der Waals surface area contributed by atoms with E-state index in [-0.39, 0.29) is 23.9 Å².